The lowest BCUT2D eigenvalue weighted by molar-refractivity contribution is 0.148. The second kappa shape index (κ2) is 5.45. The summed E-state index contributed by atoms with van der Waals surface area (Å²) in [4.78, 5) is 8.83. The van der Waals surface area contributed by atoms with E-state index in [1.807, 2.05) is 13.0 Å². The zero-order chi connectivity index (χ0) is 12.3. The van der Waals surface area contributed by atoms with Gasteiger partial charge >= 0.3 is 6.01 Å². The average Bonchev–Trinajstić information content (AvgIpc) is 2.29. The summed E-state index contributed by atoms with van der Waals surface area (Å²) >= 11 is 0. The van der Waals surface area contributed by atoms with Gasteiger partial charge in [0.15, 0.2) is 0 Å². The summed E-state index contributed by atoms with van der Waals surface area (Å²) in [5.74, 6) is 0.409. The van der Waals surface area contributed by atoms with Gasteiger partial charge in [0.2, 0.25) is 0 Å². The first kappa shape index (κ1) is 12.3. The Labute approximate surface area is 103 Å². The first-order valence-electron chi connectivity index (χ1n) is 6.38. The molecule has 1 aliphatic heterocycles. The van der Waals surface area contributed by atoms with Gasteiger partial charge in [-0.2, -0.15) is 4.98 Å². The van der Waals surface area contributed by atoms with E-state index in [1.54, 1.807) is 0 Å². The molecule has 1 aromatic rings. The van der Waals surface area contributed by atoms with Gasteiger partial charge in [-0.25, -0.2) is 4.98 Å². The summed E-state index contributed by atoms with van der Waals surface area (Å²) < 4.78 is 5.86. The fraction of sp³-hybridized carbons (Fsp3) is 0.692. The molecule has 0 aromatic carbocycles. The van der Waals surface area contributed by atoms with Crippen molar-refractivity contribution in [2.75, 3.05) is 13.1 Å². The SMILES string of the molecule is Cc1cc(C(C)C)nc(OC2CCNCC2)n1. The summed E-state index contributed by atoms with van der Waals surface area (Å²) in [5.41, 5.74) is 2.04. The Morgan fingerprint density at radius 2 is 2.00 bits per heavy atom. The molecule has 2 heterocycles. The summed E-state index contributed by atoms with van der Waals surface area (Å²) in [6.07, 6.45) is 2.33. The van der Waals surface area contributed by atoms with E-state index in [1.165, 1.54) is 0 Å². The highest BCUT2D eigenvalue weighted by Crippen LogP contribution is 2.18. The van der Waals surface area contributed by atoms with Crippen LogP contribution in [-0.4, -0.2) is 29.2 Å². The highest BCUT2D eigenvalue weighted by molar-refractivity contribution is 5.15. The van der Waals surface area contributed by atoms with E-state index >= 15 is 0 Å². The molecule has 4 nitrogen and oxygen atoms in total. The summed E-state index contributed by atoms with van der Waals surface area (Å²) in [5, 5.41) is 3.32. The van der Waals surface area contributed by atoms with Crippen molar-refractivity contribution in [3.8, 4) is 6.01 Å². The van der Waals surface area contributed by atoms with Crippen LogP contribution in [0.25, 0.3) is 0 Å². The van der Waals surface area contributed by atoms with Gasteiger partial charge in [-0.05, 0) is 44.8 Å². The van der Waals surface area contributed by atoms with Gasteiger partial charge in [0.05, 0.1) is 5.69 Å². The molecule has 0 spiro atoms. The largest absolute Gasteiger partial charge is 0.460 e. The number of hydrogen-bond donors (Lipinski definition) is 1. The normalized spacial score (nSPS) is 17.4. The highest BCUT2D eigenvalue weighted by atomic mass is 16.5. The van der Waals surface area contributed by atoms with Gasteiger partial charge in [-0.15, -0.1) is 0 Å². The Kier molecular flexibility index (Phi) is 3.94. The van der Waals surface area contributed by atoms with E-state index < -0.39 is 0 Å². The van der Waals surface area contributed by atoms with Crippen LogP contribution < -0.4 is 10.1 Å². The number of nitrogens with zero attached hydrogens (tertiary/aromatic N) is 2. The molecule has 1 aromatic heterocycles. The van der Waals surface area contributed by atoms with Gasteiger partial charge in [-0.1, -0.05) is 13.8 Å². The third kappa shape index (κ3) is 3.40. The fourth-order valence-electron chi connectivity index (χ4n) is 1.98. The van der Waals surface area contributed by atoms with Crippen molar-refractivity contribution in [3.63, 3.8) is 0 Å². The van der Waals surface area contributed by atoms with Crippen LogP contribution in [0.3, 0.4) is 0 Å². The number of piperidine rings is 1. The van der Waals surface area contributed by atoms with Gasteiger partial charge in [-0.3, -0.25) is 0 Å². The minimum atomic E-state index is 0.262. The Bertz CT molecular complexity index is 373. The number of ether oxygens (including phenoxy) is 1. The van der Waals surface area contributed by atoms with Crippen LogP contribution in [0, 0.1) is 6.92 Å². The van der Waals surface area contributed by atoms with E-state index in [0.29, 0.717) is 11.9 Å². The highest BCUT2D eigenvalue weighted by Gasteiger charge is 2.16. The quantitative estimate of drug-likeness (QED) is 0.871. The lowest BCUT2D eigenvalue weighted by atomic mass is 10.1. The standard InChI is InChI=1S/C13H21N3O/c1-9(2)12-8-10(3)15-13(16-12)17-11-4-6-14-7-5-11/h8-9,11,14H,4-7H2,1-3H3. The number of hydrogen-bond acceptors (Lipinski definition) is 4. The van der Waals surface area contributed by atoms with Crippen LogP contribution in [-0.2, 0) is 0 Å². The third-order valence-electron chi connectivity index (χ3n) is 3.00. The molecule has 1 N–H and O–H groups in total. The molecular weight excluding hydrogens is 214 g/mol. The van der Waals surface area contributed by atoms with Crippen molar-refractivity contribution in [2.24, 2.45) is 0 Å². The molecule has 0 amide bonds. The summed E-state index contributed by atoms with van der Waals surface area (Å²) in [6.45, 7) is 8.30. The average molecular weight is 235 g/mol. The number of aromatic nitrogens is 2. The van der Waals surface area contributed by atoms with Crippen molar-refractivity contribution < 1.29 is 4.74 Å². The third-order valence-corrected chi connectivity index (χ3v) is 3.00. The number of nitrogens with one attached hydrogen (secondary N) is 1. The molecule has 4 heteroatoms. The topological polar surface area (TPSA) is 47.0 Å². The summed E-state index contributed by atoms with van der Waals surface area (Å²) in [6, 6.07) is 2.57. The first-order valence-corrected chi connectivity index (χ1v) is 6.38. The molecule has 1 fully saturated rings. The van der Waals surface area contributed by atoms with Crippen molar-refractivity contribution in [1.29, 1.82) is 0 Å². The molecule has 2 rings (SSSR count). The Balaban J connectivity index is 2.09. The zero-order valence-electron chi connectivity index (χ0n) is 10.9. The van der Waals surface area contributed by atoms with E-state index in [4.69, 9.17) is 4.74 Å². The maximum atomic E-state index is 5.86. The molecule has 0 unspecified atom stereocenters. The molecule has 0 saturated carbocycles. The van der Waals surface area contributed by atoms with E-state index in [0.717, 1.165) is 37.3 Å². The first-order chi connectivity index (χ1) is 8.15. The predicted octanol–water partition coefficient (Wildman–Crippen LogP) is 2.04. The van der Waals surface area contributed by atoms with Crippen molar-refractivity contribution in [3.05, 3.63) is 17.5 Å². The minimum Gasteiger partial charge on any atom is -0.460 e. The van der Waals surface area contributed by atoms with E-state index in [-0.39, 0.29) is 6.10 Å². The van der Waals surface area contributed by atoms with Crippen LogP contribution >= 0.6 is 0 Å². The number of rotatable bonds is 3. The molecule has 1 saturated heterocycles. The maximum Gasteiger partial charge on any atom is 0.317 e. The van der Waals surface area contributed by atoms with Gasteiger partial charge in [0.25, 0.3) is 0 Å². The van der Waals surface area contributed by atoms with Crippen LogP contribution in [0.2, 0.25) is 0 Å². The molecule has 1 aliphatic rings. The molecule has 0 aliphatic carbocycles. The molecular formula is C13H21N3O. The van der Waals surface area contributed by atoms with Crippen LogP contribution in [0.5, 0.6) is 6.01 Å². The van der Waals surface area contributed by atoms with Crippen molar-refractivity contribution >= 4 is 0 Å². The number of aryl methyl sites for hydroxylation is 1. The molecule has 0 radical (unpaired) electrons. The van der Waals surface area contributed by atoms with Crippen molar-refractivity contribution in [2.45, 2.75) is 45.6 Å². The van der Waals surface area contributed by atoms with Gasteiger partial charge < -0.3 is 10.1 Å². The maximum absolute atomic E-state index is 5.86. The lowest BCUT2D eigenvalue weighted by Crippen LogP contribution is -2.34. The van der Waals surface area contributed by atoms with E-state index in [9.17, 15) is 0 Å². The van der Waals surface area contributed by atoms with Crippen LogP contribution in [0.15, 0.2) is 6.07 Å². The monoisotopic (exact) mass is 235 g/mol. The second-order valence-electron chi connectivity index (χ2n) is 4.94. The molecule has 94 valence electrons. The fourth-order valence-corrected chi connectivity index (χ4v) is 1.98. The lowest BCUT2D eigenvalue weighted by Gasteiger charge is -2.23. The van der Waals surface area contributed by atoms with Crippen molar-refractivity contribution in [1.82, 2.24) is 15.3 Å². The minimum absolute atomic E-state index is 0.262. The molecule has 17 heavy (non-hydrogen) atoms. The smallest absolute Gasteiger partial charge is 0.317 e. The Morgan fingerprint density at radius 3 is 2.65 bits per heavy atom. The Morgan fingerprint density at radius 1 is 1.29 bits per heavy atom. The second-order valence-corrected chi connectivity index (χ2v) is 4.94. The molecule has 0 bridgehead atoms. The zero-order valence-corrected chi connectivity index (χ0v) is 10.9. The van der Waals surface area contributed by atoms with Gasteiger partial charge in [0, 0.05) is 5.69 Å². The van der Waals surface area contributed by atoms with Gasteiger partial charge in [0.1, 0.15) is 6.10 Å². The Hall–Kier alpha value is -1.16. The van der Waals surface area contributed by atoms with E-state index in [2.05, 4.69) is 29.1 Å². The van der Waals surface area contributed by atoms with Crippen LogP contribution in [0.4, 0.5) is 0 Å². The van der Waals surface area contributed by atoms with Crippen LogP contribution in [0.1, 0.15) is 44.0 Å². The predicted molar refractivity (Wildman–Crippen MR) is 67.4 cm³/mol. The molecule has 0 atom stereocenters. The summed E-state index contributed by atoms with van der Waals surface area (Å²) in [7, 11) is 0.